The molecule has 0 amide bonds. The summed E-state index contributed by atoms with van der Waals surface area (Å²) in [5.74, 6) is -0.0110. The van der Waals surface area contributed by atoms with Crippen molar-refractivity contribution in [2.75, 3.05) is 0 Å². The van der Waals surface area contributed by atoms with E-state index in [9.17, 15) is 4.39 Å². The van der Waals surface area contributed by atoms with Crippen LogP contribution in [0, 0.1) is 0 Å². The molecule has 1 rings (SSSR count). The summed E-state index contributed by atoms with van der Waals surface area (Å²) >= 11 is 0. The van der Waals surface area contributed by atoms with Crippen LogP contribution in [0.2, 0.25) is 0 Å². The third-order valence-electron chi connectivity index (χ3n) is 1.33. The molecule has 0 spiro atoms. The van der Waals surface area contributed by atoms with E-state index in [1.807, 2.05) is 6.08 Å². The van der Waals surface area contributed by atoms with E-state index >= 15 is 0 Å². The fourth-order valence-electron chi connectivity index (χ4n) is 0.892. The summed E-state index contributed by atoms with van der Waals surface area (Å²) in [5, 5.41) is 0. The molecule has 0 N–H and O–H groups in total. The molecule has 1 heteroatoms. The molecular formula is C8H9F. The molecule has 0 unspecified atom stereocenters. The fraction of sp³-hybridized carbons (Fsp3) is 0.250. The SMILES string of the molecule is C=CC=C1C=C(F)CC1. The number of rotatable bonds is 1. The van der Waals surface area contributed by atoms with Crippen LogP contribution in [-0.2, 0) is 0 Å². The molecule has 0 aliphatic heterocycles. The average molecular weight is 124 g/mol. The summed E-state index contributed by atoms with van der Waals surface area (Å²) in [5.41, 5.74) is 1.04. The Balaban J connectivity index is 2.67. The minimum atomic E-state index is -0.0110. The minimum absolute atomic E-state index is 0.0110. The van der Waals surface area contributed by atoms with Gasteiger partial charge < -0.3 is 0 Å². The van der Waals surface area contributed by atoms with Gasteiger partial charge in [-0.2, -0.15) is 0 Å². The number of allylic oxidation sites excluding steroid dienone is 5. The van der Waals surface area contributed by atoms with Gasteiger partial charge in [0.2, 0.25) is 0 Å². The van der Waals surface area contributed by atoms with Crippen molar-refractivity contribution < 1.29 is 4.39 Å². The van der Waals surface area contributed by atoms with Crippen molar-refractivity contribution in [3.05, 3.63) is 36.2 Å². The predicted molar refractivity (Wildman–Crippen MR) is 36.7 cm³/mol. The lowest BCUT2D eigenvalue weighted by Gasteiger charge is -1.84. The van der Waals surface area contributed by atoms with Crippen LogP contribution in [0.1, 0.15) is 12.8 Å². The molecule has 0 aromatic rings. The molecule has 0 atom stereocenters. The molecule has 1 aliphatic carbocycles. The maximum atomic E-state index is 12.3. The van der Waals surface area contributed by atoms with Gasteiger partial charge in [0.25, 0.3) is 0 Å². The van der Waals surface area contributed by atoms with E-state index in [-0.39, 0.29) is 5.83 Å². The van der Waals surface area contributed by atoms with Crippen molar-refractivity contribution in [1.82, 2.24) is 0 Å². The van der Waals surface area contributed by atoms with Crippen LogP contribution in [0.3, 0.4) is 0 Å². The van der Waals surface area contributed by atoms with Gasteiger partial charge in [0.05, 0.1) is 0 Å². The number of halogens is 1. The Morgan fingerprint density at radius 1 is 1.56 bits per heavy atom. The van der Waals surface area contributed by atoms with Crippen LogP contribution >= 0.6 is 0 Å². The fourth-order valence-corrected chi connectivity index (χ4v) is 0.892. The van der Waals surface area contributed by atoms with Gasteiger partial charge in [-0.25, -0.2) is 4.39 Å². The summed E-state index contributed by atoms with van der Waals surface area (Å²) in [6.07, 6.45) is 6.50. The van der Waals surface area contributed by atoms with Crippen LogP contribution in [0.25, 0.3) is 0 Å². The molecule has 0 saturated heterocycles. The summed E-state index contributed by atoms with van der Waals surface area (Å²) in [6, 6.07) is 0. The third kappa shape index (κ3) is 1.53. The van der Waals surface area contributed by atoms with Gasteiger partial charge in [0, 0.05) is 6.42 Å². The lowest BCUT2D eigenvalue weighted by atomic mass is 10.2. The molecule has 0 bridgehead atoms. The second-order valence-corrected chi connectivity index (χ2v) is 2.07. The van der Waals surface area contributed by atoms with Crippen molar-refractivity contribution in [1.29, 1.82) is 0 Å². The lowest BCUT2D eigenvalue weighted by molar-refractivity contribution is 0.607. The Morgan fingerprint density at radius 3 is 2.78 bits per heavy atom. The quantitative estimate of drug-likeness (QED) is 0.504. The van der Waals surface area contributed by atoms with Crippen molar-refractivity contribution in [3.8, 4) is 0 Å². The second kappa shape index (κ2) is 2.62. The van der Waals surface area contributed by atoms with E-state index in [0.717, 1.165) is 12.0 Å². The first-order chi connectivity index (χ1) is 4.33. The standard InChI is InChI=1S/C8H9F/c1-2-3-7-4-5-8(9)6-7/h2-3,6H,1,4-5H2. The van der Waals surface area contributed by atoms with Crippen LogP contribution in [0.5, 0.6) is 0 Å². The van der Waals surface area contributed by atoms with Gasteiger partial charge in [0.15, 0.2) is 0 Å². The van der Waals surface area contributed by atoms with Crippen molar-refractivity contribution in [2.45, 2.75) is 12.8 Å². The van der Waals surface area contributed by atoms with Crippen molar-refractivity contribution in [3.63, 3.8) is 0 Å². The smallest absolute Gasteiger partial charge is 0.101 e. The minimum Gasteiger partial charge on any atom is -0.212 e. The van der Waals surface area contributed by atoms with Gasteiger partial charge in [-0.1, -0.05) is 18.7 Å². The molecule has 9 heavy (non-hydrogen) atoms. The summed E-state index contributed by atoms with van der Waals surface area (Å²) in [6.45, 7) is 3.52. The Morgan fingerprint density at radius 2 is 2.33 bits per heavy atom. The van der Waals surface area contributed by atoms with Crippen molar-refractivity contribution in [2.24, 2.45) is 0 Å². The first-order valence-electron chi connectivity index (χ1n) is 3.00. The van der Waals surface area contributed by atoms with Gasteiger partial charge in [0.1, 0.15) is 5.83 Å². The summed E-state index contributed by atoms with van der Waals surface area (Å²) in [7, 11) is 0. The number of hydrogen-bond acceptors (Lipinski definition) is 0. The molecule has 0 radical (unpaired) electrons. The van der Waals surface area contributed by atoms with E-state index in [4.69, 9.17) is 0 Å². The van der Waals surface area contributed by atoms with E-state index in [1.165, 1.54) is 0 Å². The monoisotopic (exact) mass is 124 g/mol. The van der Waals surface area contributed by atoms with E-state index in [1.54, 1.807) is 12.2 Å². The van der Waals surface area contributed by atoms with Gasteiger partial charge in [-0.15, -0.1) is 0 Å². The average Bonchev–Trinajstić information content (AvgIpc) is 2.17. The summed E-state index contributed by atoms with van der Waals surface area (Å²) < 4.78 is 12.3. The first-order valence-corrected chi connectivity index (χ1v) is 3.00. The molecule has 0 nitrogen and oxygen atoms in total. The highest BCUT2D eigenvalue weighted by molar-refractivity contribution is 5.29. The zero-order valence-corrected chi connectivity index (χ0v) is 5.23. The normalized spacial score (nSPS) is 22.3. The highest BCUT2D eigenvalue weighted by Crippen LogP contribution is 2.23. The van der Waals surface area contributed by atoms with Crippen LogP contribution in [0.15, 0.2) is 36.2 Å². The Kier molecular flexibility index (Phi) is 1.83. The van der Waals surface area contributed by atoms with E-state index in [0.29, 0.717) is 6.42 Å². The Labute approximate surface area is 54.4 Å². The number of hydrogen-bond donors (Lipinski definition) is 0. The first kappa shape index (κ1) is 6.27. The molecule has 0 aromatic carbocycles. The van der Waals surface area contributed by atoms with Crippen LogP contribution in [-0.4, -0.2) is 0 Å². The molecule has 1 aliphatic rings. The maximum Gasteiger partial charge on any atom is 0.101 e. The van der Waals surface area contributed by atoms with Gasteiger partial charge in [-0.05, 0) is 18.1 Å². The molecular weight excluding hydrogens is 115 g/mol. The molecule has 0 aromatic heterocycles. The Hall–Kier alpha value is -0.850. The van der Waals surface area contributed by atoms with E-state index in [2.05, 4.69) is 6.58 Å². The Bertz CT molecular complexity index is 172. The van der Waals surface area contributed by atoms with Gasteiger partial charge >= 0.3 is 0 Å². The topological polar surface area (TPSA) is 0 Å². The van der Waals surface area contributed by atoms with Gasteiger partial charge in [-0.3, -0.25) is 0 Å². The highest BCUT2D eigenvalue weighted by Gasteiger charge is 2.06. The zero-order chi connectivity index (χ0) is 6.69. The second-order valence-electron chi connectivity index (χ2n) is 2.07. The van der Waals surface area contributed by atoms with E-state index < -0.39 is 0 Å². The van der Waals surface area contributed by atoms with Crippen molar-refractivity contribution >= 4 is 0 Å². The molecule has 0 heterocycles. The molecule has 48 valence electrons. The summed E-state index contributed by atoms with van der Waals surface area (Å²) in [4.78, 5) is 0. The highest BCUT2D eigenvalue weighted by atomic mass is 19.1. The molecule has 0 saturated carbocycles. The zero-order valence-electron chi connectivity index (χ0n) is 5.23. The molecule has 0 fully saturated rings. The maximum absolute atomic E-state index is 12.3. The van der Waals surface area contributed by atoms with Crippen LogP contribution in [0.4, 0.5) is 4.39 Å². The third-order valence-corrected chi connectivity index (χ3v) is 1.33. The lowest BCUT2D eigenvalue weighted by Crippen LogP contribution is -1.65. The predicted octanol–water partition coefficient (Wildman–Crippen LogP) is 2.75. The van der Waals surface area contributed by atoms with Crippen LogP contribution < -0.4 is 0 Å². The largest absolute Gasteiger partial charge is 0.212 e.